The molecule has 7 heteroatoms. The van der Waals surface area contributed by atoms with E-state index >= 15 is 0 Å². The van der Waals surface area contributed by atoms with Gasteiger partial charge in [-0.2, -0.15) is 4.98 Å². The molecule has 0 aliphatic heterocycles. The monoisotopic (exact) mass is 293 g/mol. The Morgan fingerprint density at radius 3 is 2.76 bits per heavy atom. The van der Waals surface area contributed by atoms with Crippen LogP contribution in [0.3, 0.4) is 0 Å². The first-order valence-electron chi connectivity index (χ1n) is 4.49. The fourth-order valence-corrected chi connectivity index (χ4v) is 2.20. The molecule has 0 aliphatic rings. The Balaban J connectivity index is 2.22. The van der Waals surface area contributed by atoms with Crippen molar-refractivity contribution in [2.75, 3.05) is 0 Å². The molecule has 0 fully saturated rings. The minimum atomic E-state index is -0.575. The Hall–Kier alpha value is -0.880. The molecule has 90 valence electrons. The average molecular weight is 294 g/mol. The van der Waals surface area contributed by atoms with Gasteiger partial charge in [-0.1, -0.05) is 34.5 Å². The lowest BCUT2D eigenvalue weighted by Crippen LogP contribution is -1.84. The summed E-state index contributed by atoms with van der Waals surface area (Å²) in [5, 5.41) is 9.37. The van der Waals surface area contributed by atoms with Crippen LogP contribution in [0, 0.1) is 5.82 Å². The molecule has 0 atom stereocenters. The maximum atomic E-state index is 13.1. The zero-order chi connectivity index (χ0) is 12.4. The van der Waals surface area contributed by atoms with Crippen molar-refractivity contribution in [3.63, 3.8) is 0 Å². The van der Waals surface area contributed by atoms with Crippen molar-refractivity contribution < 1.29 is 14.2 Å². The van der Waals surface area contributed by atoms with Gasteiger partial charge in [0.15, 0.2) is 0 Å². The number of nitrogens with zero attached hydrogens (tertiary/aromatic N) is 1. The van der Waals surface area contributed by atoms with Crippen molar-refractivity contribution in [3.8, 4) is 10.9 Å². The van der Waals surface area contributed by atoms with Crippen molar-refractivity contribution in [1.29, 1.82) is 0 Å². The number of aliphatic hydroxyl groups excluding tert-OH is 1. The topological polar surface area (TPSA) is 42.4 Å². The summed E-state index contributed by atoms with van der Waals surface area (Å²) < 4.78 is 18.4. The van der Waals surface area contributed by atoms with E-state index in [1.54, 1.807) is 0 Å². The standard InChI is InChI=1S/C10H6Cl2FNO2S/c11-6-2-1-5(3-7(6)13)16-10-14-9(12)8(4-15)17-10/h1-3,15H,4H2. The summed E-state index contributed by atoms with van der Waals surface area (Å²) >= 11 is 12.4. The molecule has 0 bridgehead atoms. The molecule has 1 N–H and O–H groups in total. The van der Waals surface area contributed by atoms with Gasteiger partial charge in [0.25, 0.3) is 5.19 Å². The maximum Gasteiger partial charge on any atom is 0.280 e. The molecule has 0 aliphatic carbocycles. The maximum absolute atomic E-state index is 13.1. The Labute approximate surface area is 110 Å². The Bertz CT molecular complexity index is 547. The van der Waals surface area contributed by atoms with Gasteiger partial charge in [-0.3, -0.25) is 0 Å². The van der Waals surface area contributed by atoms with Crippen molar-refractivity contribution >= 4 is 34.5 Å². The molecule has 1 aromatic carbocycles. The van der Waals surface area contributed by atoms with Gasteiger partial charge < -0.3 is 9.84 Å². The second kappa shape index (κ2) is 5.18. The van der Waals surface area contributed by atoms with Crippen molar-refractivity contribution in [2.45, 2.75) is 6.61 Å². The molecule has 1 heterocycles. The lowest BCUT2D eigenvalue weighted by molar-refractivity contribution is 0.285. The second-order valence-corrected chi connectivity index (χ2v) is 4.84. The first-order valence-corrected chi connectivity index (χ1v) is 6.06. The Morgan fingerprint density at radius 2 is 2.18 bits per heavy atom. The molecule has 0 spiro atoms. The number of thiazole rings is 1. The van der Waals surface area contributed by atoms with E-state index in [1.165, 1.54) is 12.1 Å². The summed E-state index contributed by atoms with van der Waals surface area (Å²) in [6.45, 7) is -0.213. The molecule has 3 nitrogen and oxygen atoms in total. The molecular weight excluding hydrogens is 288 g/mol. The third kappa shape index (κ3) is 2.87. The highest BCUT2D eigenvalue weighted by Gasteiger charge is 2.11. The number of aromatic nitrogens is 1. The summed E-state index contributed by atoms with van der Waals surface area (Å²) in [4.78, 5) is 4.37. The van der Waals surface area contributed by atoms with Crippen LogP contribution in [0.1, 0.15) is 4.88 Å². The SMILES string of the molecule is OCc1sc(Oc2ccc(Cl)c(F)c2)nc1Cl. The average Bonchev–Trinajstić information content (AvgIpc) is 2.64. The summed E-state index contributed by atoms with van der Waals surface area (Å²) in [7, 11) is 0. The van der Waals surface area contributed by atoms with Crippen LogP contribution in [0.4, 0.5) is 4.39 Å². The summed E-state index contributed by atoms with van der Waals surface area (Å²) in [6, 6.07) is 4.05. The predicted octanol–water partition coefficient (Wildman–Crippen LogP) is 3.87. The van der Waals surface area contributed by atoms with Crippen LogP contribution in [0.15, 0.2) is 18.2 Å². The quantitative estimate of drug-likeness (QED) is 0.934. The molecule has 2 rings (SSSR count). The zero-order valence-corrected chi connectivity index (χ0v) is 10.6. The third-order valence-electron chi connectivity index (χ3n) is 1.87. The van der Waals surface area contributed by atoms with Gasteiger partial charge in [-0.15, -0.1) is 0 Å². The molecule has 0 radical (unpaired) electrons. The number of hydrogen-bond acceptors (Lipinski definition) is 4. The molecule has 0 amide bonds. The molecule has 1 aromatic heterocycles. The number of aliphatic hydroxyl groups is 1. The fourth-order valence-electron chi connectivity index (χ4n) is 1.10. The van der Waals surface area contributed by atoms with Gasteiger partial charge in [0.05, 0.1) is 16.5 Å². The Morgan fingerprint density at radius 1 is 1.41 bits per heavy atom. The van der Waals surface area contributed by atoms with Gasteiger partial charge in [0, 0.05) is 6.07 Å². The first-order chi connectivity index (χ1) is 8.10. The number of halogens is 3. The molecule has 0 saturated carbocycles. The largest absolute Gasteiger partial charge is 0.431 e. The summed E-state index contributed by atoms with van der Waals surface area (Å²) in [5.41, 5.74) is 0. The second-order valence-electron chi connectivity index (χ2n) is 3.03. The van der Waals surface area contributed by atoms with E-state index in [9.17, 15) is 4.39 Å². The lowest BCUT2D eigenvalue weighted by Gasteiger charge is -2.01. The molecular formula is C10H6Cl2FNO2S. The number of benzene rings is 1. The van der Waals surface area contributed by atoms with E-state index in [2.05, 4.69) is 4.98 Å². The minimum Gasteiger partial charge on any atom is -0.431 e. The minimum absolute atomic E-state index is 0.0190. The van der Waals surface area contributed by atoms with Gasteiger partial charge >= 0.3 is 0 Å². The zero-order valence-electron chi connectivity index (χ0n) is 8.28. The van der Waals surface area contributed by atoms with Gasteiger partial charge in [0.1, 0.15) is 16.7 Å². The number of hydrogen-bond donors (Lipinski definition) is 1. The van der Waals surface area contributed by atoms with Crippen molar-refractivity contribution in [2.24, 2.45) is 0 Å². The van der Waals surface area contributed by atoms with E-state index in [4.69, 9.17) is 33.0 Å². The summed E-state index contributed by atoms with van der Waals surface area (Å²) in [5.74, 6) is -0.309. The summed E-state index contributed by atoms with van der Waals surface area (Å²) in [6.07, 6.45) is 0. The van der Waals surface area contributed by atoms with Gasteiger partial charge in [0.2, 0.25) is 0 Å². The van der Waals surface area contributed by atoms with Crippen molar-refractivity contribution in [1.82, 2.24) is 4.98 Å². The van der Waals surface area contributed by atoms with Crippen LogP contribution >= 0.6 is 34.5 Å². The van der Waals surface area contributed by atoms with E-state index in [-0.39, 0.29) is 27.7 Å². The van der Waals surface area contributed by atoms with Gasteiger partial charge in [-0.25, -0.2) is 4.39 Å². The van der Waals surface area contributed by atoms with Crippen LogP contribution in [-0.2, 0) is 6.61 Å². The molecule has 0 unspecified atom stereocenters. The van der Waals surface area contributed by atoms with E-state index in [0.29, 0.717) is 4.88 Å². The highest BCUT2D eigenvalue weighted by molar-refractivity contribution is 7.13. The van der Waals surface area contributed by atoms with Crippen molar-refractivity contribution in [3.05, 3.63) is 39.1 Å². The normalized spacial score (nSPS) is 10.6. The van der Waals surface area contributed by atoms with Crippen LogP contribution in [-0.4, -0.2) is 10.1 Å². The highest BCUT2D eigenvalue weighted by atomic mass is 35.5. The number of ether oxygens (including phenoxy) is 1. The van der Waals surface area contributed by atoms with Crippen LogP contribution in [0.25, 0.3) is 0 Å². The van der Waals surface area contributed by atoms with E-state index < -0.39 is 5.82 Å². The number of rotatable bonds is 3. The molecule has 0 saturated heterocycles. The molecule has 17 heavy (non-hydrogen) atoms. The first kappa shape index (κ1) is 12.6. The van der Waals surface area contributed by atoms with Crippen LogP contribution in [0.5, 0.6) is 10.9 Å². The lowest BCUT2D eigenvalue weighted by atomic mass is 10.3. The predicted molar refractivity (Wildman–Crippen MR) is 64.5 cm³/mol. The fraction of sp³-hybridized carbons (Fsp3) is 0.100. The van der Waals surface area contributed by atoms with Crippen LogP contribution in [0.2, 0.25) is 10.2 Å². The van der Waals surface area contributed by atoms with E-state index in [1.807, 2.05) is 0 Å². The van der Waals surface area contributed by atoms with Crippen LogP contribution < -0.4 is 4.74 Å². The third-order valence-corrected chi connectivity index (χ3v) is 3.52. The van der Waals surface area contributed by atoms with Gasteiger partial charge in [-0.05, 0) is 12.1 Å². The smallest absolute Gasteiger partial charge is 0.280 e. The molecule has 2 aromatic rings. The Kier molecular flexibility index (Phi) is 3.83. The highest BCUT2D eigenvalue weighted by Crippen LogP contribution is 2.32. The van der Waals surface area contributed by atoms with E-state index in [0.717, 1.165) is 17.4 Å².